The standard InChI is InChI=1S/C24H29NO/c1-25(20-21-12-4-2-5-13-21)19-11-10-18-24(26,23-16-8-9-17-23)22-14-6-3-7-15-22/h2-7,12-15,23,26H,8-9,16-20H2,1H3/p+1. The first kappa shape index (κ1) is 18.7. The van der Waals surface area contributed by atoms with Crippen molar-refractivity contribution in [3.8, 4) is 11.8 Å². The normalized spacial score (nSPS) is 17.9. The van der Waals surface area contributed by atoms with E-state index >= 15 is 0 Å². The molecule has 2 N–H and O–H groups in total. The fraction of sp³-hybridized carbons (Fsp3) is 0.417. The highest BCUT2D eigenvalue weighted by Crippen LogP contribution is 2.42. The molecule has 1 saturated carbocycles. The molecule has 26 heavy (non-hydrogen) atoms. The van der Waals surface area contributed by atoms with Gasteiger partial charge in [-0.1, -0.05) is 79.4 Å². The highest BCUT2D eigenvalue weighted by Gasteiger charge is 2.39. The van der Waals surface area contributed by atoms with Crippen LogP contribution in [0.2, 0.25) is 0 Å². The van der Waals surface area contributed by atoms with Gasteiger partial charge in [0.2, 0.25) is 0 Å². The van der Waals surface area contributed by atoms with Gasteiger partial charge in [-0.2, -0.15) is 0 Å². The Labute approximate surface area is 157 Å². The van der Waals surface area contributed by atoms with E-state index in [1.807, 2.05) is 36.4 Å². The van der Waals surface area contributed by atoms with Crippen molar-refractivity contribution in [1.82, 2.24) is 0 Å². The average Bonchev–Trinajstić information content (AvgIpc) is 3.22. The summed E-state index contributed by atoms with van der Waals surface area (Å²) in [6.07, 6.45) is 5.17. The molecule has 0 aromatic heterocycles. The SMILES string of the molecule is C[NH+](CC#CCC(O)(c1ccccc1)C1CCCC1)Cc1ccccc1. The van der Waals surface area contributed by atoms with Crippen LogP contribution in [-0.2, 0) is 12.1 Å². The molecule has 3 rings (SSSR count). The van der Waals surface area contributed by atoms with Crippen LogP contribution in [0.5, 0.6) is 0 Å². The lowest BCUT2D eigenvalue weighted by atomic mass is 9.78. The van der Waals surface area contributed by atoms with Crippen molar-refractivity contribution in [2.45, 2.75) is 44.2 Å². The summed E-state index contributed by atoms with van der Waals surface area (Å²) >= 11 is 0. The lowest BCUT2D eigenvalue weighted by Gasteiger charge is -2.33. The Hall–Kier alpha value is -2.08. The van der Waals surface area contributed by atoms with Gasteiger partial charge in [-0.25, -0.2) is 0 Å². The molecule has 0 bridgehead atoms. The van der Waals surface area contributed by atoms with Crippen LogP contribution in [-0.4, -0.2) is 18.7 Å². The number of benzene rings is 2. The van der Waals surface area contributed by atoms with Crippen molar-refractivity contribution >= 4 is 0 Å². The quantitative estimate of drug-likeness (QED) is 0.770. The molecule has 1 aliphatic rings. The highest BCUT2D eigenvalue weighted by molar-refractivity contribution is 5.26. The first-order chi connectivity index (χ1) is 12.7. The Balaban J connectivity index is 1.62. The van der Waals surface area contributed by atoms with Gasteiger partial charge >= 0.3 is 0 Å². The average molecular weight is 349 g/mol. The van der Waals surface area contributed by atoms with E-state index in [0.29, 0.717) is 12.3 Å². The molecule has 2 nitrogen and oxygen atoms in total. The van der Waals surface area contributed by atoms with Crippen LogP contribution in [0.15, 0.2) is 60.7 Å². The van der Waals surface area contributed by atoms with Crippen molar-refractivity contribution < 1.29 is 10.0 Å². The molecular weight excluding hydrogens is 318 g/mol. The van der Waals surface area contributed by atoms with Crippen LogP contribution in [0.1, 0.15) is 43.2 Å². The van der Waals surface area contributed by atoms with Gasteiger partial charge in [-0.15, -0.1) is 0 Å². The molecule has 2 heteroatoms. The monoisotopic (exact) mass is 348 g/mol. The maximum absolute atomic E-state index is 11.5. The predicted molar refractivity (Wildman–Crippen MR) is 107 cm³/mol. The Morgan fingerprint density at radius 2 is 1.58 bits per heavy atom. The van der Waals surface area contributed by atoms with Crippen LogP contribution in [0, 0.1) is 17.8 Å². The number of aliphatic hydroxyl groups is 1. The van der Waals surface area contributed by atoms with E-state index < -0.39 is 5.60 Å². The third-order valence-corrected chi connectivity index (χ3v) is 5.53. The molecule has 2 atom stereocenters. The Morgan fingerprint density at radius 3 is 2.23 bits per heavy atom. The maximum Gasteiger partial charge on any atom is 0.139 e. The second kappa shape index (κ2) is 9.03. The molecule has 136 valence electrons. The number of quaternary nitrogens is 1. The lowest BCUT2D eigenvalue weighted by Crippen LogP contribution is -3.07. The van der Waals surface area contributed by atoms with Crippen LogP contribution < -0.4 is 4.90 Å². The maximum atomic E-state index is 11.5. The summed E-state index contributed by atoms with van der Waals surface area (Å²) in [5.74, 6) is 6.93. The number of nitrogens with one attached hydrogen (secondary N) is 1. The predicted octanol–water partition coefficient (Wildman–Crippen LogP) is 3.17. The highest BCUT2D eigenvalue weighted by atomic mass is 16.3. The second-order valence-electron chi connectivity index (χ2n) is 7.60. The van der Waals surface area contributed by atoms with E-state index in [0.717, 1.165) is 31.5 Å². The van der Waals surface area contributed by atoms with Crippen LogP contribution in [0.4, 0.5) is 0 Å². The Bertz CT molecular complexity index is 725. The van der Waals surface area contributed by atoms with Gasteiger partial charge in [0, 0.05) is 12.0 Å². The van der Waals surface area contributed by atoms with Crippen molar-refractivity contribution in [2.75, 3.05) is 13.6 Å². The summed E-state index contributed by atoms with van der Waals surface area (Å²) in [5.41, 5.74) is 1.54. The van der Waals surface area contributed by atoms with E-state index in [4.69, 9.17) is 0 Å². The fourth-order valence-corrected chi connectivity index (χ4v) is 4.03. The van der Waals surface area contributed by atoms with Gasteiger partial charge in [0.1, 0.15) is 18.7 Å². The first-order valence-corrected chi connectivity index (χ1v) is 9.77. The summed E-state index contributed by atoms with van der Waals surface area (Å²) < 4.78 is 0. The van der Waals surface area contributed by atoms with Gasteiger partial charge in [-0.05, 0) is 30.2 Å². The second-order valence-corrected chi connectivity index (χ2v) is 7.60. The van der Waals surface area contributed by atoms with Gasteiger partial charge in [0.25, 0.3) is 0 Å². The smallest absolute Gasteiger partial charge is 0.139 e. The third-order valence-electron chi connectivity index (χ3n) is 5.53. The van der Waals surface area contributed by atoms with E-state index in [9.17, 15) is 5.11 Å². The summed E-state index contributed by atoms with van der Waals surface area (Å²) in [5, 5.41) is 11.5. The molecule has 0 saturated heterocycles. The molecular formula is C24H30NO+. The zero-order valence-corrected chi connectivity index (χ0v) is 15.7. The molecule has 0 radical (unpaired) electrons. The van der Waals surface area contributed by atoms with Crippen LogP contribution in [0.3, 0.4) is 0 Å². The van der Waals surface area contributed by atoms with Gasteiger partial charge in [0.05, 0.1) is 7.05 Å². The van der Waals surface area contributed by atoms with E-state index in [-0.39, 0.29) is 0 Å². The summed E-state index contributed by atoms with van der Waals surface area (Å²) in [7, 11) is 2.17. The van der Waals surface area contributed by atoms with Gasteiger partial charge < -0.3 is 10.0 Å². The summed E-state index contributed by atoms with van der Waals surface area (Å²) in [4.78, 5) is 1.37. The fourth-order valence-electron chi connectivity index (χ4n) is 4.03. The van der Waals surface area contributed by atoms with Crippen LogP contribution in [0.25, 0.3) is 0 Å². The van der Waals surface area contributed by atoms with Gasteiger partial charge in [0.15, 0.2) is 0 Å². The lowest BCUT2D eigenvalue weighted by molar-refractivity contribution is -0.886. The third kappa shape index (κ3) is 4.75. The number of rotatable bonds is 6. The molecule has 0 amide bonds. The minimum absolute atomic E-state index is 0.327. The van der Waals surface area contributed by atoms with Crippen molar-refractivity contribution in [3.05, 3.63) is 71.8 Å². The first-order valence-electron chi connectivity index (χ1n) is 9.77. The largest absolute Gasteiger partial charge is 0.384 e. The summed E-state index contributed by atoms with van der Waals surface area (Å²) in [6, 6.07) is 20.7. The molecule has 0 aliphatic heterocycles. The van der Waals surface area contributed by atoms with Gasteiger partial charge in [-0.3, -0.25) is 0 Å². The Morgan fingerprint density at radius 1 is 0.962 bits per heavy atom. The molecule has 2 aromatic rings. The molecule has 1 aliphatic carbocycles. The number of hydrogen-bond donors (Lipinski definition) is 2. The number of hydrogen-bond acceptors (Lipinski definition) is 1. The zero-order chi connectivity index (χ0) is 18.2. The molecule has 2 aromatic carbocycles. The van der Waals surface area contributed by atoms with E-state index in [1.165, 1.54) is 23.3 Å². The summed E-state index contributed by atoms with van der Waals surface area (Å²) in [6.45, 7) is 1.77. The zero-order valence-electron chi connectivity index (χ0n) is 15.7. The minimum atomic E-state index is -0.807. The van der Waals surface area contributed by atoms with Crippen molar-refractivity contribution in [2.24, 2.45) is 5.92 Å². The van der Waals surface area contributed by atoms with Crippen molar-refractivity contribution in [1.29, 1.82) is 0 Å². The van der Waals surface area contributed by atoms with Crippen LogP contribution >= 0.6 is 0 Å². The molecule has 0 spiro atoms. The molecule has 0 heterocycles. The molecule has 2 unspecified atom stereocenters. The van der Waals surface area contributed by atoms with Crippen molar-refractivity contribution in [3.63, 3.8) is 0 Å². The molecule has 1 fully saturated rings. The van der Waals surface area contributed by atoms with E-state index in [2.05, 4.69) is 43.2 Å². The minimum Gasteiger partial charge on any atom is -0.384 e. The Kier molecular flexibility index (Phi) is 6.50. The van der Waals surface area contributed by atoms with E-state index in [1.54, 1.807) is 0 Å². The topological polar surface area (TPSA) is 24.7 Å².